The minimum atomic E-state index is 0.209. The maximum Gasteiger partial charge on any atom is 0.222 e. The van der Waals surface area contributed by atoms with Gasteiger partial charge in [-0.3, -0.25) is 4.79 Å². The van der Waals surface area contributed by atoms with Crippen LogP contribution in [0.5, 0.6) is 0 Å². The summed E-state index contributed by atoms with van der Waals surface area (Å²) in [5, 5.41) is 7.78. The van der Waals surface area contributed by atoms with E-state index >= 15 is 0 Å². The lowest BCUT2D eigenvalue weighted by Crippen LogP contribution is -2.40. The van der Waals surface area contributed by atoms with E-state index in [2.05, 4.69) is 22.6 Å². The van der Waals surface area contributed by atoms with Gasteiger partial charge in [-0.05, 0) is 43.3 Å². The number of rotatable bonds is 7. The molecule has 1 aliphatic heterocycles. The van der Waals surface area contributed by atoms with Crippen LogP contribution in [0.1, 0.15) is 24.1 Å². The second kappa shape index (κ2) is 9.72. The topological polar surface area (TPSA) is 58.4 Å². The van der Waals surface area contributed by atoms with Gasteiger partial charge in [-0.15, -0.1) is 0 Å². The van der Waals surface area contributed by atoms with Crippen molar-refractivity contribution in [2.75, 3.05) is 20.1 Å². The number of amides is 1. The third-order valence-corrected chi connectivity index (χ3v) is 5.98. The van der Waals surface area contributed by atoms with Gasteiger partial charge in [-0.1, -0.05) is 65.8 Å². The Labute approximate surface area is 178 Å². The van der Waals surface area contributed by atoms with E-state index in [1.807, 2.05) is 66.5 Å². The molecule has 2 aromatic carbocycles. The highest BCUT2D eigenvalue weighted by molar-refractivity contribution is 5.76. The van der Waals surface area contributed by atoms with Gasteiger partial charge < -0.3 is 14.7 Å². The van der Waals surface area contributed by atoms with Crippen LogP contribution in [0.2, 0.25) is 0 Å². The Morgan fingerprint density at radius 3 is 2.60 bits per heavy atom. The van der Waals surface area contributed by atoms with Crippen LogP contribution in [0.3, 0.4) is 0 Å². The molecule has 1 fully saturated rings. The molecule has 0 spiro atoms. The number of carbonyl (C=O) groups is 1. The van der Waals surface area contributed by atoms with Crippen molar-refractivity contribution in [3.8, 4) is 11.3 Å². The van der Waals surface area contributed by atoms with Crippen LogP contribution in [0, 0.1) is 11.8 Å². The van der Waals surface area contributed by atoms with Crippen LogP contribution >= 0.6 is 0 Å². The molecule has 0 saturated carbocycles. The third-order valence-electron chi connectivity index (χ3n) is 5.98. The second-order valence-electron chi connectivity index (χ2n) is 8.21. The summed E-state index contributed by atoms with van der Waals surface area (Å²) in [6.07, 6.45) is 2.42. The van der Waals surface area contributed by atoms with E-state index in [4.69, 9.17) is 4.52 Å². The van der Waals surface area contributed by atoms with Crippen molar-refractivity contribution >= 4 is 5.91 Å². The fourth-order valence-corrected chi connectivity index (χ4v) is 4.23. The molecule has 0 radical (unpaired) electrons. The lowest BCUT2D eigenvalue weighted by molar-refractivity contribution is -0.132. The number of nitrogens with one attached hydrogen (secondary N) is 1. The van der Waals surface area contributed by atoms with Gasteiger partial charge in [-0.25, -0.2) is 0 Å². The van der Waals surface area contributed by atoms with Gasteiger partial charge in [-0.2, -0.15) is 0 Å². The molecule has 1 saturated heterocycles. The van der Waals surface area contributed by atoms with Gasteiger partial charge >= 0.3 is 0 Å². The number of carbonyl (C=O) groups excluding carboxylic acids is 1. The predicted octanol–water partition coefficient (Wildman–Crippen LogP) is 4.16. The largest absolute Gasteiger partial charge is 0.356 e. The zero-order valence-electron chi connectivity index (χ0n) is 17.5. The van der Waals surface area contributed by atoms with Crippen molar-refractivity contribution in [1.29, 1.82) is 0 Å². The highest BCUT2D eigenvalue weighted by atomic mass is 16.5. The van der Waals surface area contributed by atoms with E-state index in [1.54, 1.807) is 0 Å². The van der Waals surface area contributed by atoms with Crippen LogP contribution < -0.4 is 5.32 Å². The van der Waals surface area contributed by atoms with Gasteiger partial charge in [0.2, 0.25) is 5.91 Å². The number of hydrogen-bond acceptors (Lipinski definition) is 4. The van der Waals surface area contributed by atoms with Crippen molar-refractivity contribution in [1.82, 2.24) is 15.4 Å². The van der Waals surface area contributed by atoms with E-state index < -0.39 is 0 Å². The van der Waals surface area contributed by atoms with E-state index in [0.717, 1.165) is 48.5 Å². The first-order valence-electron chi connectivity index (χ1n) is 10.7. The average Bonchev–Trinajstić information content (AvgIpc) is 3.25. The third kappa shape index (κ3) is 5.16. The number of piperidine rings is 1. The predicted molar refractivity (Wildman–Crippen MR) is 118 cm³/mol. The summed E-state index contributed by atoms with van der Waals surface area (Å²) < 4.78 is 5.57. The van der Waals surface area contributed by atoms with Crippen molar-refractivity contribution in [3.05, 3.63) is 78.0 Å². The molecule has 0 bridgehead atoms. The fraction of sp³-hybridized carbons (Fsp3) is 0.360. The molecular formula is C25H29N3O2. The highest BCUT2D eigenvalue weighted by Crippen LogP contribution is 2.28. The normalized spacial score (nSPS) is 18.8. The molecule has 5 nitrogen and oxygen atoms in total. The quantitative estimate of drug-likeness (QED) is 0.644. The Kier molecular flexibility index (Phi) is 6.60. The van der Waals surface area contributed by atoms with E-state index in [9.17, 15) is 4.79 Å². The van der Waals surface area contributed by atoms with Crippen LogP contribution in [0.25, 0.3) is 11.3 Å². The minimum Gasteiger partial charge on any atom is -0.356 e. The average molecular weight is 404 g/mol. The summed E-state index contributed by atoms with van der Waals surface area (Å²) in [4.78, 5) is 14.7. The Hall–Kier alpha value is -2.92. The summed E-state index contributed by atoms with van der Waals surface area (Å²) in [7, 11) is 1.90. The monoisotopic (exact) mass is 403 g/mol. The molecule has 3 aromatic rings. The molecule has 2 unspecified atom stereocenters. The maximum atomic E-state index is 12.9. The van der Waals surface area contributed by atoms with E-state index in [0.29, 0.717) is 24.8 Å². The first kappa shape index (κ1) is 20.4. The Morgan fingerprint density at radius 1 is 1.10 bits per heavy atom. The van der Waals surface area contributed by atoms with Gasteiger partial charge in [0.15, 0.2) is 5.76 Å². The molecule has 1 aliphatic rings. The Balaban J connectivity index is 1.37. The summed E-state index contributed by atoms with van der Waals surface area (Å²) >= 11 is 0. The van der Waals surface area contributed by atoms with Crippen LogP contribution in [-0.2, 0) is 17.8 Å². The van der Waals surface area contributed by atoms with Crippen molar-refractivity contribution in [3.63, 3.8) is 0 Å². The lowest BCUT2D eigenvalue weighted by Gasteiger charge is -2.32. The fourth-order valence-electron chi connectivity index (χ4n) is 4.23. The SMILES string of the molecule is CN(Cc1ccccc1)C(=O)CC1CCNCC1Cc1cc(-c2ccccc2)on1. The zero-order chi connectivity index (χ0) is 20.8. The lowest BCUT2D eigenvalue weighted by atomic mass is 9.81. The van der Waals surface area contributed by atoms with E-state index in [-0.39, 0.29) is 5.91 Å². The summed E-state index contributed by atoms with van der Waals surface area (Å²) in [5.41, 5.74) is 3.15. The number of aromatic nitrogens is 1. The first-order chi connectivity index (χ1) is 14.7. The number of benzene rings is 2. The number of hydrogen-bond donors (Lipinski definition) is 1. The van der Waals surface area contributed by atoms with Gasteiger partial charge in [0, 0.05) is 31.6 Å². The van der Waals surface area contributed by atoms with Gasteiger partial charge in [0.25, 0.3) is 0 Å². The molecule has 5 heteroatoms. The first-order valence-corrected chi connectivity index (χ1v) is 10.7. The molecule has 0 aliphatic carbocycles. The molecule has 156 valence electrons. The molecule has 1 N–H and O–H groups in total. The summed E-state index contributed by atoms with van der Waals surface area (Å²) in [6, 6.07) is 22.2. The van der Waals surface area contributed by atoms with Gasteiger partial charge in [0.05, 0.1) is 5.69 Å². The van der Waals surface area contributed by atoms with Crippen LogP contribution in [0.4, 0.5) is 0 Å². The van der Waals surface area contributed by atoms with Crippen molar-refractivity contribution < 1.29 is 9.32 Å². The molecule has 4 rings (SSSR count). The minimum absolute atomic E-state index is 0.209. The second-order valence-corrected chi connectivity index (χ2v) is 8.21. The summed E-state index contributed by atoms with van der Waals surface area (Å²) in [6.45, 7) is 2.53. The van der Waals surface area contributed by atoms with Crippen molar-refractivity contribution in [2.45, 2.75) is 25.8 Å². The Bertz CT molecular complexity index is 939. The van der Waals surface area contributed by atoms with Crippen LogP contribution in [0.15, 0.2) is 71.3 Å². The number of nitrogens with zero attached hydrogens (tertiary/aromatic N) is 2. The smallest absolute Gasteiger partial charge is 0.222 e. The Morgan fingerprint density at radius 2 is 1.83 bits per heavy atom. The molecule has 1 aromatic heterocycles. The molecule has 30 heavy (non-hydrogen) atoms. The molecule has 2 atom stereocenters. The highest BCUT2D eigenvalue weighted by Gasteiger charge is 2.29. The molecule has 2 heterocycles. The van der Waals surface area contributed by atoms with Crippen molar-refractivity contribution in [2.24, 2.45) is 11.8 Å². The van der Waals surface area contributed by atoms with E-state index in [1.165, 1.54) is 0 Å². The zero-order valence-corrected chi connectivity index (χ0v) is 17.5. The molecule has 1 amide bonds. The molecular weight excluding hydrogens is 374 g/mol. The standard InChI is InChI=1S/C25H29N3O2/c1-28(18-19-8-4-2-5-9-19)25(29)15-21-12-13-26-17-22(21)14-23-16-24(30-27-23)20-10-6-3-7-11-20/h2-11,16,21-22,26H,12-15,17-18H2,1H3. The maximum absolute atomic E-state index is 12.9. The van der Waals surface area contributed by atoms with Crippen LogP contribution in [-0.4, -0.2) is 36.1 Å². The summed E-state index contributed by atoms with van der Waals surface area (Å²) in [5.74, 6) is 1.74. The van der Waals surface area contributed by atoms with Gasteiger partial charge in [0.1, 0.15) is 0 Å².